The van der Waals surface area contributed by atoms with Crippen molar-refractivity contribution < 1.29 is 13.9 Å². The lowest BCUT2D eigenvalue weighted by Gasteiger charge is -2.33. The summed E-state index contributed by atoms with van der Waals surface area (Å²) in [4.78, 5) is 23.3. The van der Waals surface area contributed by atoms with Crippen LogP contribution >= 0.6 is 0 Å². The fourth-order valence-electron chi connectivity index (χ4n) is 4.40. The summed E-state index contributed by atoms with van der Waals surface area (Å²) < 4.78 is 20.4. The number of pyridine rings is 2. The number of benzene rings is 1. The number of halogens is 1. The van der Waals surface area contributed by atoms with Crippen molar-refractivity contribution in [1.82, 2.24) is 9.97 Å². The molecule has 0 saturated heterocycles. The fraction of sp³-hybridized carbons (Fsp3) is 0.292. The van der Waals surface area contributed by atoms with E-state index in [9.17, 15) is 9.18 Å². The van der Waals surface area contributed by atoms with Gasteiger partial charge in [-0.25, -0.2) is 9.18 Å². The highest BCUT2D eigenvalue weighted by molar-refractivity contribution is 6.05. The van der Waals surface area contributed by atoms with Crippen LogP contribution in [0.25, 0.3) is 0 Å². The molecular weight excluding hydrogens is 395 g/mol. The number of fused-ring (bicyclic) bond motifs is 2. The first-order valence-electron chi connectivity index (χ1n) is 10.5. The van der Waals surface area contributed by atoms with Crippen LogP contribution in [0, 0.1) is 12.7 Å². The summed E-state index contributed by atoms with van der Waals surface area (Å²) in [7, 11) is 0. The Morgan fingerprint density at radius 3 is 2.94 bits per heavy atom. The average Bonchev–Trinajstić information content (AvgIpc) is 2.78. The lowest BCUT2D eigenvalue weighted by molar-refractivity contribution is 0.167. The van der Waals surface area contributed by atoms with Gasteiger partial charge in [0.15, 0.2) is 0 Å². The molecule has 6 nitrogen and oxygen atoms in total. The summed E-state index contributed by atoms with van der Waals surface area (Å²) in [6.07, 6.45) is 5.06. The van der Waals surface area contributed by atoms with E-state index in [0.717, 1.165) is 46.6 Å². The second kappa shape index (κ2) is 7.65. The summed E-state index contributed by atoms with van der Waals surface area (Å²) in [5.41, 5.74) is 5.95. The monoisotopic (exact) mass is 418 g/mol. The second-order valence-corrected chi connectivity index (χ2v) is 7.92. The number of hydrogen-bond acceptors (Lipinski definition) is 4. The number of anilines is 2. The van der Waals surface area contributed by atoms with Crippen molar-refractivity contribution in [1.29, 1.82) is 0 Å². The number of urea groups is 1. The van der Waals surface area contributed by atoms with Crippen molar-refractivity contribution in [2.45, 2.75) is 45.8 Å². The van der Waals surface area contributed by atoms with Crippen LogP contribution in [0.15, 0.2) is 42.7 Å². The van der Waals surface area contributed by atoms with Gasteiger partial charge in [0.05, 0.1) is 17.9 Å². The molecule has 2 amide bonds. The smallest absolute Gasteiger partial charge is 0.326 e. The Labute approximate surface area is 180 Å². The van der Waals surface area contributed by atoms with Gasteiger partial charge in [-0.2, -0.15) is 0 Å². The summed E-state index contributed by atoms with van der Waals surface area (Å²) in [5.74, 6) is 0.303. The van der Waals surface area contributed by atoms with Crippen LogP contribution in [-0.4, -0.2) is 16.0 Å². The quantitative estimate of drug-likeness (QED) is 0.642. The third-order valence-electron chi connectivity index (χ3n) is 5.99. The largest absolute Gasteiger partial charge is 0.484 e. The van der Waals surface area contributed by atoms with E-state index in [1.807, 2.05) is 19.1 Å². The molecule has 2 aliphatic rings. The third-order valence-corrected chi connectivity index (χ3v) is 5.99. The topological polar surface area (TPSA) is 67.3 Å². The fourth-order valence-corrected chi connectivity index (χ4v) is 4.40. The SMILES string of the molecule is CCc1nccc2c1CN(c1cc3c(cc1C)CCC(c1ncccc1F)O3)C(=O)N2. The maximum Gasteiger partial charge on any atom is 0.326 e. The molecule has 2 aromatic heterocycles. The first-order valence-corrected chi connectivity index (χ1v) is 10.5. The van der Waals surface area contributed by atoms with Gasteiger partial charge in [0.25, 0.3) is 0 Å². The minimum Gasteiger partial charge on any atom is -0.484 e. The number of carbonyl (C=O) groups excluding carboxylic acids is 1. The molecule has 0 radical (unpaired) electrons. The molecule has 158 valence electrons. The van der Waals surface area contributed by atoms with Crippen molar-refractivity contribution in [3.05, 3.63) is 76.6 Å². The van der Waals surface area contributed by atoms with Crippen LogP contribution in [-0.2, 0) is 19.4 Å². The highest BCUT2D eigenvalue weighted by atomic mass is 19.1. The first kappa shape index (κ1) is 19.5. The van der Waals surface area contributed by atoms with E-state index in [1.54, 1.807) is 23.4 Å². The number of carbonyl (C=O) groups is 1. The lowest BCUT2D eigenvalue weighted by atomic mass is 9.97. The van der Waals surface area contributed by atoms with Gasteiger partial charge in [0.2, 0.25) is 0 Å². The van der Waals surface area contributed by atoms with Crippen LogP contribution < -0.4 is 15.0 Å². The zero-order chi connectivity index (χ0) is 21.5. The van der Waals surface area contributed by atoms with Gasteiger partial charge >= 0.3 is 6.03 Å². The minimum atomic E-state index is -0.448. The molecule has 1 aromatic carbocycles. The molecule has 2 aliphatic heterocycles. The van der Waals surface area contributed by atoms with Crippen molar-refractivity contribution in [2.75, 3.05) is 10.2 Å². The number of aromatic nitrogens is 2. The molecule has 1 N–H and O–H groups in total. The van der Waals surface area contributed by atoms with Gasteiger partial charge in [-0.1, -0.05) is 13.0 Å². The first-order chi connectivity index (χ1) is 15.0. The maximum absolute atomic E-state index is 14.2. The van der Waals surface area contributed by atoms with Crippen LogP contribution in [0.2, 0.25) is 0 Å². The number of nitrogens with one attached hydrogen (secondary N) is 1. The predicted octanol–water partition coefficient (Wildman–Crippen LogP) is 5.10. The van der Waals surface area contributed by atoms with E-state index in [4.69, 9.17) is 4.74 Å². The summed E-state index contributed by atoms with van der Waals surface area (Å²) in [5, 5.41) is 2.98. The number of aryl methyl sites for hydroxylation is 3. The van der Waals surface area contributed by atoms with Crippen LogP contribution in [0.1, 0.15) is 47.5 Å². The minimum absolute atomic E-state index is 0.188. The van der Waals surface area contributed by atoms with Crippen molar-refractivity contribution >= 4 is 17.4 Å². The molecule has 7 heteroatoms. The van der Waals surface area contributed by atoms with Crippen molar-refractivity contribution in [3.8, 4) is 5.75 Å². The normalized spacial score (nSPS) is 17.5. The van der Waals surface area contributed by atoms with E-state index in [-0.39, 0.29) is 11.8 Å². The zero-order valence-electron chi connectivity index (χ0n) is 17.5. The molecule has 1 unspecified atom stereocenters. The highest BCUT2D eigenvalue weighted by Crippen LogP contribution is 2.40. The van der Waals surface area contributed by atoms with Crippen LogP contribution in [0.5, 0.6) is 5.75 Å². The lowest BCUT2D eigenvalue weighted by Crippen LogP contribution is -2.39. The molecular formula is C24H23FN4O2. The van der Waals surface area contributed by atoms with Gasteiger partial charge < -0.3 is 10.1 Å². The molecule has 4 heterocycles. The number of amides is 2. The van der Waals surface area contributed by atoms with E-state index in [2.05, 4.69) is 28.3 Å². The molecule has 0 aliphatic carbocycles. The summed E-state index contributed by atoms with van der Waals surface area (Å²) in [6.45, 7) is 4.49. The Kier molecular flexibility index (Phi) is 4.81. The molecule has 3 aromatic rings. The van der Waals surface area contributed by atoms with Gasteiger partial charge in [0.1, 0.15) is 23.4 Å². The van der Waals surface area contributed by atoms with Gasteiger partial charge in [0, 0.05) is 29.7 Å². The predicted molar refractivity (Wildman–Crippen MR) is 116 cm³/mol. The molecule has 5 rings (SSSR count). The van der Waals surface area contributed by atoms with Crippen molar-refractivity contribution in [2.24, 2.45) is 0 Å². The molecule has 0 fully saturated rings. The Morgan fingerprint density at radius 2 is 2.13 bits per heavy atom. The van der Waals surface area contributed by atoms with Crippen LogP contribution in [0.4, 0.5) is 20.6 Å². The van der Waals surface area contributed by atoms with E-state index >= 15 is 0 Å². The summed E-state index contributed by atoms with van der Waals surface area (Å²) >= 11 is 0. The third kappa shape index (κ3) is 3.40. The van der Waals surface area contributed by atoms with Gasteiger partial charge in [-0.05, 0) is 55.5 Å². The van der Waals surface area contributed by atoms with E-state index < -0.39 is 6.10 Å². The Morgan fingerprint density at radius 1 is 1.26 bits per heavy atom. The maximum atomic E-state index is 14.2. The molecule has 0 spiro atoms. The summed E-state index contributed by atoms with van der Waals surface area (Å²) in [6, 6.07) is 8.57. The van der Waals surface area contributed by atoms with Gasteiger partial charge in [-0.3, -0.25) is 14.9 Å². The Balaban J connectivity index is 1.50. The van der Waals surface area contributed by atoms with E-state index in [0.29, 0.717) is 24.4 Å². The standard InChI is InChI=1S/C24H23FN4O2/c1-3-18-16-13-29(24(30)28-19(16)8-10-26-18)20-12-22-15(11-14(20)2)6-7-21(31-22)23-17(25)5-4-9-27-23/h4-5,8-12,21H,3,6-7,13H2,1-2H3,(H,28,30). The highest BCUT2D eigenvalue weighted by Gasteiger charge is 2.30. The number of rotatable bonds is 3. The van der Waals surface area contributed by atoms with Crippen LogP contribution in [0.3, 0.4) is 0 Å². The number of ether oxygens (including phenoxy) is 1. The zero-order valence-corrected chi connectivity index (χ0v) is 17.5. The van der Waals surface area contributed by atoms with E-state index in [1.165, 1.54) is 6.07 Å². The second-order valence-electron chi connectivity index (χ2n) is 7.92. The van der Waals surface area contributed by atoms with Crippen molar-refractivity contribution in [3.63, 3.8) is 0 Å². The molecule has 31 heavy (non-hydrogen) atoms. The number of hydrogen-bond donors (Lipinski definition) is 1. The molecule has 0 saturated carbocycles. The Hall–Kier alpha value is -3.48. The average molecular weight is 418 g/mol. The Bertz CT molecular complexity index is 1180. The molecule has 0 bridgehead atoms. The molecule has 1 atom stereocenters. The van der Waals surface area contributed by atoms with Gasteiger partial charge in [-0.15, -0.1) is 0 Å². The number of nitrogens with zero attached hydrogens (tertiary/aromatic N) is 3.